The zero-order chi connectivity index (χ0) is 8.41. The zero-order valence-electron chi connectivity index (χ0n) is 8.69. The topological polar surface area (TPSA) is 9.23 Å². The van der Waals surface area contributed by atoms with Gasteiger partial charge in [-0.15, -0.1) is 0 Å². The van der Waals surface area contributed by atoms with E-state index in [0.29, 0.717) is 15.6 Å². The second-order valence-corrected chi connectivity index (χ2v) is 5.09. The Morgan fingerprint density at radius 3 is 1.54 bits per heavy atom. The summed E-state index contributed by atoms with van der Waals surface area (Å²) in [5.41, 5.74) is 0. The molecule has 0 aromatic heterocycles. The Balaban J connectivity index is -0.0000000279. The van der Waals surface area contributed by atoms with Crippen molar-refractivity contribution >= 4 is 31.8 Å². The van der Waals surface area contributed by atoms with Gasteiger partial charge >= 0.3 is 80.0 Å². The standard InChI is InChI=1S/C3H7.C2H5O.C2H5.2Al.3ClH/c1-3-2;1-2-3;1-2;;;;;/h3H,1-2H3;2H2,1H3;1H2,2H3;;;3*1H/q;-1;;2*+2;;;/p-3. The van der Waals surface area contributed by atoms with Gasteiger partial charge in [0.05, 0.1) is 0 Å². The van der Waals surface area contributed by atoms with E-state index >= 15 is 0 Å². The number of hydrogen-bond donors (Lipinski definition) is 0. The van der Waals surface area contributed by atoms with Crippen molar-refractivity contribution in [3.8, 4) is 0 Å². The average molecular weight is 278 g/mol. The molecule has 0 aromatic carbocycles. The molecule has 0 aliphatic heterocycles. The maximum absolute atomic E-state index is 5.07. The van der Waals surface area contributed by atoms with E-state index in [1.807, 2.05) is 6.92 Å². The van der Waals surface area contributed by atoms with Gasteiger partial charge in [-0.1, -0.05) is 0 Å². The van der Waals surface area contributed by atoms with Crippen LogP contribution in [-0.4, -0.2) is 38.5 Å². The van der Waals surface area contributed by atoms with Crippen molar-refractivity contribution in [2.24, 2.45) is 0 Å². The maximum Gasteiger partial charge on any atom is -1.00 e. The Hall–Kier alpha value is 1.89. The average Bonchev–Trinajstić information content (AvgIpc) is 1.82. The third-order valence-corrected chi connectivity index (χ3v) is 1.35. The van der Waals surface area contributed by atoms with E-state index in [9.17, 15) is 0 Å². The van der Waals surface area contributed by atoms with Crippen molar-refractivity contribution in [2.75, 3.05) is 6.61 Å². The van der Waals surface area contributed by atoms with Gasteiger partial charge in [0.15, 0.2) is 0 Å². The molecule has 0 aliphatic rings. The molecule has 0 unspecified atom stereocenters. The summed E-state index contributed by atoms with van der Waals surface area (Å²) in [6, 6.07) is 0. The van der Waals surface area contributed by atoms with Crippen molar-refractivity contribution in [1.29, 1.82) is 0 Å². The normalized spacial score (nSPS) is 6.38. The van der Waals surface area contributed by atoms with E-state index in [2.05, 4.69) is 37.1 Å². The van der Waals surface area contributed by atoms with Crippen LogP contribution in [0.3, 0.4) is 0 Å². The van der Waals surface area contributed by atoms with Crippen LogP contribution >= 0.6 is 0 Å². The van der Waals surface area contributed by atoms with E-state index < -0.39 is 0 Å². The first-order valence-electron chi connectivity index (χ1n) is 3.83. The predicted octanol–water partition coefficient (Wildman–Crippen LogP) is -6.92. The van der Waals surface area contributed by atoms with Gasteiger partial charge in [-0.05, 0) is 0 Å². The van der Waals surface area contributed by atoms with Gasteiger partial charge in [0.25, 0.3) is 0 Å². The summed E-state index contributed by atoms with van der Waals surface area (Å²) >= 11 is 2.98. The molecule has 13 heavy (non-hydrogen) atoms. The summed E-state index contributed by atoms with van der Waals surface area (Å²) < 4.78 is 5.82. The zero-order valence-corrected chi connectivity index (χ0v) is 13.3. The predicted molar refractivity (Wildman–Crippen MR) is 48.7 cm³/mol. The monoisotopic (exact) mass is 276 g/mol. The smallest absolute Gasteiger partial charge is 1.00 e. The molecular weight excluding hydrogens is 260 g/mol. The third-order valence-electron chi connectivity index (χ3n) is 0.451. The molecule has 0 rings (SSSR count). The molecule has 0 bridgehead atoms. The van der Waals surface area contributed by atoms with Crippen LogP contribution in [0.2, 0.25) is 10.1 Å². The molecule has 0 amide bonds. The van der Waals surface area contributed by atoms with Gasteiger partial charge in [-0.2, -0.15) is 0 Å². The minimum absolute atomic E-state index is 0. The molecular formula is C7H17Al2Cl3O. The van der Waals surface area contributed by atoms with Crippen LogP contribution in [0.15, 0.2) is 0 Å². The van der Waals surface area contributed by atoms with E-state index in [-0.39, 0.29) is 37.2 Å². The summed E-state index contributed by atoms with van der Waals surface area (Å²) in [7, 11) is 0. The molecule has 78 valence electrons. The van der Waals surface area contributed by atoms with E-state index in [0.717, 1.165) is 11.4 Å². The molecule has 0 fully saturated rings. The van der Waals surface area contributed by atoms with Gasteiger partial charge in [-0.3, -0.25) is 0 Å². The molecule has 1 nitrogen and oxygen atoms in total. The Morgan fingerprint density at radius 2 is 1.46 bits per heavy atom. The van der Waals surface area contributed by atoms with Gasteiger partial charge in [0.2, 0.25) is 0 Å². The fourth-order valence-corrected chi connectivity index (χ4v) is 0.707. The van der Waals surface area contributed by atoms with Gasteiger partial charge in [-0.25, -0.2) is 0 Å². The van der Waals surface area contributed by atoms with Crippen LogP contribution in [0.1, 0.15) is 27.7 Å². The van der Waals surface area contributed by atoms with Crippen molar-refractivity contribution in [3.63, 3.8) is 0 Å². The molecule has 0 N–H and O–H groups in total. The van der Waals surface area contributed by atoms with E-state index in [1.54, 1.807) is 0 Å². The molecule has 0 heterocycles. The summed E-state index contributed by atoms with van der Waals surface area (Å²) in [6.07, 6.45) is 0. The van der Waals surface area contributed by atoms with Crippen LogP contribution < -0.4 is 37.2 Å². The van der Waals surface area contributed by atoms with Gasteiger partial charge in [0, 0.05) is 0 Å². The molecule has 0 saturated heterocycles. The van der Waals surface area contributed by atoms with Crippen LogP contribution in [-0.2, 0) is 3.79 Å². The quantitative estimate of drug-likeness (QED) is 0.368. The van der Waals surface area contributed by atoms with Crippen LogP contribution in [0.4, 0.5) is 0 Å². The second kappa shape index (κ2) is 29.2. The number of halogens is 3. The SMILES string of the molecule is CC[O][Al+][CH2]C.C[CH](C)[Al+2].[Cl-].[Cl-].[Cl-]. The first-order valence-corrected chi connectivity index (χ1v) is 5.79. The van der Waals surface area contributed by atoms with Crippen LogP contribution in [0.25, 0.3) is 0 Å². The molecule has 0 atom stereocenters. The number of hydrogen-bond acceptors (Lipinski definition) is 1. The Morgan fingerprint density at radius 1 is 1.15 bits per heavy atom. The summed E-state index contributed by atoms with van der Waals surface area (Å²) in [6.45, 7) is 9.33. The third kappa shape index (κ3) is 82.1. The first-order chi connectivity index (χ1) is 4.65. The van der Waals surface area contributed by atoms with Gasteiger partial charge in [0.1, 0.15) is 0 Å². The minimum Gasteiger partial charge on any atom is -1.00 e. The molecule has 0 saturated carbocycles. The molecule has 0 aromatic rings. The van der Waals surface area contributed by atoms with Crippen LogP contribution in [0.5, 0.6) is 0 Å². The fraction of sp³-hybridized carbons (Fsp3) is 1.00. The van der Waals surface area contributed by atoms with Crippen molar-refractivity contribution in [1.82, 2.24) is 0 Å². The van der Waals surface area contributed by atoms with E-state index in [4.69, 9.17) is 3.79 Å². The molecule has 0 aliphatic carbocycles. The molecule has 0 radical (unpaired) electrons. The molecule has 6 heteroatoms. The first kappa shape index (κ1) is 29.4. The summed E-state index contributed by atoms with van der Waals surface area (Å²) in [5.74, 6) is 0. The van der Waals surface area contributed by atoms with E-state index in [1.165, 1.54) is 5.28 Å². The number of rotatable bonds is 3. The second-order valence-electron chi connectivity index (χ2n) is 2.27. The van der Waals surface area contributed by atoms with Gasteiger partial charge < -0.3 is 37.2 Å². The van der Waals surface area contributed by atoms with Crippen LogP contribution in [0, 0.1) is 0 Å². The minimum atomic E-state index is 0. The largest absolute Gasteiger partial charge is 1.00 e. The van der Waals surface area contributed by atoms with Crippen molar-refractivity contribution in [3.05, 3.63) is 0 Å². The Kier molecular flexibility index (Phi) is 66.0. The summed E-state index contributed by atoms with van der Waals surface area (Å²) in [4.78, 5) is 0. The van der Waals surface area contributed by atoms with Crippen molar-refractivity contribution < 1.29 is 41.0 Å². The summed E-state index contributed by atoms with van der Waals surface area (Å²) in [5, 5.41) is 1.22. The maximum atomic E-state index is 5.07. The Bertz CT molecular complexity index is 52.2. The Labute approximate surface area is 116 Å². The van der Waals surface area contributed by atoms with Crippen molar-refractivity contribution in [2.45, 2.75) is 37.8 Å². The fourth-order valence-electron chi connectivity index (χ4n) is 0.236. The molecule has 0 spiro atoms.